The van der Waals surface area contributed by atoms with Crippen LogP contribution in [0.5, 0.6) is 0 Å². The summed E-state index contributed by atoms with van der Waals surface area (Å²) in [6.07, 6.45) is 2.37. The topological polar surface area (TPSA) is 46.5 Å². The molecular weight excluding hydrogens is 388 g/mol. The van der Waals surface area contributed by atoms with Crippen molar-refractivity contribution in [2.45, 2.75) is 39.8 Å². The van der Waals surface area contributed by atoms with Crippen LogP contribution in [0.4, 0.5) is 0 Å². The van der Waals surface area contributed by atoms with Crippen molar-refractivity contribution in [3.05, 3.63) is 75.6 Å². The maximum absolute atomic E-state index is 13.2. The monoisotopic (exact) mass is 422 g/mol. The van der Waals surface area contributed by atoms with Gasteiger partial charge in [-0.1, -0.05) is 18.2 Å². The van der Waals surface area contributed by atoms with Crippen LogP contribution in [0.2, 0.25) is 0 Å². The highest BCUT2D eigenvalue weighted by atomic mass is 16.3. The summed E-state index contributed by atoms with van der Waals surface area (Å²) in [6, 6.07) is 14.0. The number of likely N-dealkylation sites (tertiary alicyclic amines) is 1. The van der Waals surface area contributed by atoms with Gasteiger partial charge in [0, 0.05) is 25.8 Å². The molecule has 2 aromatic heterocycles. The van der Waals surface area contributed by atoms with E-state index in [2.05, 4.69) is 22.9 Å². The van der Waals surface area contributed by atoms with E-state index in [4.69, 9.17) is 4.42 Å². The molecule has 0 spiro atoms. The van der Waals surface area contributed by atoms with Crippen molar-refractivity contribution in [3.8, 4) is 5.69 Å². The third-order valence-electron chi connectivity index (χ3n) is 6.55. The molecule has 0 amide bonds. The molecule has 1 aliphatic rings. The lowest BCUT2D eigenvalue weighted by Gasteiger charge is -2.33. The van der Waals surface area contributed by atoms with Gasteiger partial charge in [0.15, 0.2) is 0 Å². The average Bonchev–Trinajstić information content (AvgIpc) is 3.26. The Bertz CT molecular complexity index is 1060. The van der Waals surface area contributed by atoms with Crippen molar-refractivity contribution in [3.63, 3.8) is 0 Å². The van der Waals surface area contributed by atoms with Crippen molar-refractivity contribution in [1.82, 2.24) is 19.2 Å². The Labute approximate surface area is 184 Å². The molecule has 3 heterocycles. The van der Waals surface area contributed by atoms with Crippen LogP contribution < -0.4 is 5.56 Å². The van der Waals surface area contributed by atoms with Gasteiger partial charge in [-0.15, -0.1) is 0 Å². The minimum Gasteiger partial charge on any atom is -0.465 e. The second kappa shape index (κ2) is 9.28. The Morgan fingerprint density at radius 1 is 1.06 bits per heavy atom. The highest BCUT2D eigenvalue weighted by Gasteiger charge is 2.23. The molecule has 31 heavy (non-hydrogen) atoms. The quantitative estimate of drug-likeness (QED) is 0.582. The van der Waals surface area contributed by atoms with Crippen LogP contribution in [0, 0.1) is 19.8 Å². The van der Waals surface area contributed by atoms with Gasteiger partial charge in [0.05, 0.1) is 17.8 Å². The van der Waals surface area contributed by atoms with E-state index in [9.17, 15) is 4.79 Å². The summed E-state index contributed by atoms with van der Waals surface area (Å²) in [5.41, 5.74) is 2.91. The maximum Gasteiger partial charge on any atom is 0.276 e. The number of rotatable bonds is 7. The first-order valence-corrected chi connectivity index (χ1v) is 11.2. The van der Waals surface area contributed by atoms with Gasteiger partial charge in [-0.05, 0) is 77.0 Å². The van der Waals surface area contributed by atoms with Crippen LogP contribution in [0.1, 0.15) is 35.6 Å². The van der Waals surface area contributed by atoms with Crippen molar-refractivity contribution in [2.24, 2.45) is 13.0 Å². The summed E-state index contributed by atoms with van der Waals surface area (Å²) in [5.74, 6) is 2.70. The number of nitrogens with zero attached hydrogens (tertiary/aromatic N) is 4. The second-order valence-corrected chi connectivity index (χ2v) is 8.97. The molecule has 0 aliphatic carbocycles. The van der Waals surface area contributed by atoms with E-state index >= 15 is 0 Å². The van der Waals surface area contributed by atoms with E-state index in [-0.39, 0.29) is 5.56 Å². The van der Waals surface area contributed by atoms with Crippen molar-refractivity contribution >= 4 is 0 Å². The van der Waals surface area contributed by atoms with Crippen LogP contribution in [0.25, 0.3) is 5.69 Å². The van der Waals surface area contributed by atoms with Crippen molar-refractivity contribution in [1.29, 1.82) is 0 Å². The minimum absolute atomic E-state index is 0.0848. The maximum atomic E-state index is 13.2. The molecule has 6 nitrogen and oxygen atoms in total. The van der Waals surface area contributed by atoms with Crippen LogP contribution >= 0.6 is 0 Å². The average molecular weight is 423 g/mol. The number of hydrogen-bond acceptors (Lipinski definition) is 4. The summed E-state index contributed by atoms with van der Waals surface area (Å²) in [4.78, 5) is 18.0. The highest BCUT2D eigenvalue weighted by molar-refractivity contribution is 5.33. The Morgan fingerprint density at radius 2 is 1.77 bits per heavy atom. The normalized spacial score (nSPS) is 15.8. The number of aromatic nitrogens is 2. The number of benzene rings is 1. The van der Waals surface area contributed by atoms with E-state index in [0.717, 1.165) is 54.6 Å². The fraction of sp³-hybridized carbons (Fsp3) is 0.480. The summed E-state index contributed by atoms with van der Waals surface area (Å²) in [7, 11) is 4.10. The summed E-state index contributed by atoms with van der Waals surface area (Å²) >= 11 is 0. The fourth-order valence-electron chi connectivity index (χ4n) is 4.70. The Morgan fingerprint density at radius 3 is 2.42 bits per heavy atom. The molecule has 1 saturated heterocycles. The minimum atomic E-state index is 0.0848. The Balaban J connectivity index is 1.34. The lowest BCUT2D eigenvalue weighted by atomic mass is 9.96. The first kappa shape index (κ1) is 21.7. The smallest absolute Gasteiger partial charge is 0.276 e. The second-order valence-electron chi connectivity index (χ2n) is 8.97. The first-order valence-electron chi connectivity index (χ1n) is 11.2. The van der Waals surface area contributed by atoms with Gasteiger partial charge in [-0.25, -0.2) is 4.68 Å². The summed E-state index contributed by atoms with van der Waals surface area (Å²) in [5, 5.41) is 0. The van der Waals surface area contributed by atoms with Gasteiger partial charge in [-0.3, -0.25) is 14.4 Å². The Hall–Kier alpha value is -2.57. The molecule has 0 saturated carbocycles. The predicted octanol–water partition coefficient (Wildman–Crippen LogP) is 3.73. The third-order valence-corrected chi connectivity index (χ3v) is 6.55. The van der Waals surface area contributed by atoms with E-state index in [0.29, 0.717) is 12.5 Å². The van der Waals surface area contributed by atoms with Gasteiger partial charge < -0.3 is 9.32 Å². The van der Waals surface area contributed by atoms with Gasteiger partial charge >= 0.3 is 0 Å². The highest BCUT2D eigenvalue weighted by Crippen LogP contribution is 2.21. The number of piperidine rings is 1. The SMILES string of the molecule is Cc1ccc(CN2CCC(CN(C)Cc3c(C)n(C)n(-c4ccccc4)c3=O)CC2)o1. The molecule has 0 N–H and O–H groups in total. The van der Waals surface area contributed by atoms with E-state index in [1.54, 1.807) is 4.68 Å². The van der Waals surface area contributed by atoms with Crippen LogP contribution in [0.15, 0.2) is 51.7 Å². The number of aryl methyl sites for hydroxylation is 1. The molecule has 1 aromatic carbocycles. The molecule has 1 aliphatic heterocycles. The molecule has 6 heteroatoms. The molecule has 3 aromatic rings. The van der Waals surface area contributed by atoms with Crippen LogP contribution in [-0.2, 0) is 20.1 Å². The number of furan rings is 1. The Kier molecular flexibility index (Phi) is 6.49. The molecular formula is C25H34N4O2. The summed E-state index contributed by atoms with van der Waals surface area (Å²) in [6.45, 7) is 8.84. The van der Waals surface area contributed by atoms with Gasteiger partial charge in [0.25, 0.3) is 5.56 Å². The zero-order valence-electron chi connectivity index (χ0n) is 19.2. The molecule has 0 unspecified atom stereocenters. The van der Waals surface area contributed by atoms with E-state index in [1.807, 2.05) is 62.0 Å². The van der Waals surface area contributed by atoms with Gasteiger partial charge in [0.2, 0.25) is 0 Å². The third kappa shape index (κ3) is 4.86. The lowest BCUT2D eigenvalue weighted by molar-refractivity contribution is 0.139. The van der Waals surface area contributed by atoms with Crippen molar-refractivity contribution < 1.29 is 4.42 Å². The first-order chi connectivity index (χ1) is 14.9. The zero-order chi connectivity index (χ0) is 22.0. The lowest BCUT2D eigenvalue weighted by Crippen LogP contribution is -2.37. The number of para-hydroxylation sites is 1. The summed E-state index contributed by atoms with van der Waals surface area (Å²) < 4.78 is 9.47. The molecule has 0 radical (unpaired) electrons. The number of hydrogen-bond donors (Lipinski definition) is 0. The largest absolute Gasteiger partial charge is 0.465 e. The van der Waals surface area contributed by atoms with Crippen LogP contribution in [0.3, 0.4) is 0 Å². The molecule has 166 valence electrons. The van der Waals surface area contributed by atoms with E-state index in [1.165, 1.54) is 12.8 Å². The fourth-order valence-corrected chi connectivity index (χ4v) is 4.70. The standard InChI is InChI=1S/C25H34N4O2/c1-19-10-11-23(31-19)17-28-14-12-21(13-15-28)16-26(3)18-24-20(2)27(4)29(25(24)30)22-8-6-5-7-9-22/h5-11,21H,12-18H2,1-4H3. The zero-order valence-corrected chi connectivity index (χ0v) is 19.2. The molecule has 0 atom stereocenters. The predicted molar refractivity (Wildman–Crippen MR) is 124 cm³/mol. The van der Waals surface area contributed by atoms with Gasteiger partial charge in [-0.2, -0.15) is 0 Å². The molecule has 0 bridgehead atoms. The van der Waals surface area contributed by atoms with Gasteiger partial charge in [0.1, 0.15) is 11.5 Å². The van der Waals surface area contributed by atoms with Crippen LogP contribution in [-0.4, -0.2) is 45.8 Å². The van der Waals surface area contributed by atoms with E-state index < -0.39 is 0 Å². The molecule has 1 fully saturated rings. The molecule has 4 rings (SSSR count). The van der Waals surface area contributed by atoms with Crippen molar-refractivity contribution in [2.75, 3.05) is 26.7 Å².